The van der Waals surface area contributed by atoms with E-state index < -0.39 is 0 Å². The van der Waals surface area contributed by atoms with Crippen LogP contribution in [-0.4, -0.2) is 10.9 Å². The Morgan fingerprint density at radius 2 is 1.70 bits per heavy atom. The van der Waals surface area contributed by atoms with Crippen LogP contribution in [0.25, 0.3) is 6.08 Å². The van der Waals surface area contributed by atoms with E-state index in [2.05, 4.69) is 26.0 Å². The Balaban J connectivity index is 2.13. The van der Waals surface area contributed by atoms with E-state index in [1.807, 2.05) is 12.1 Å². The van der Waals surface area contributed by atoms with Crippen LogP contribution in [0.5, 0.6) is 5.75 Å². The van der Waals surface area contributed by atoms with E-state index in [1.54, 1.807) is 24.3 Å². The first-order valence-corrected chi connectivity index (χ1v) is 6.68. The van der Waals surface area contributed by atoms with Crippen molar-refractivity contribution in [1.29, 1.82) is 0 Å². The molecule has 0 bridgehead atoms. The van der Waals surface area contributed by atoms with Crippen molar-refractivity contribution in [2.45, 2.75) is 19.8 Å². The van der Waals surface area contributed by atoms with Gasteiger partial charge in [0.1, 0.15) is 5.75 Å². The van der Waals surface area contributed by atoms with Gasteiger partial charge in [0.25, 0.3) is 0 Å². The second-order valence-corrected chi connectivity index (χ2v) is 5.04. The number of hydrogen-bond acceptors (Lipinski definition) is 2. The van der Waals surface area contributed by atoms with Crippen LogP contribution >= 0.6 is 0 Å². The minimum atomic E-state index is -0.198. The molecular formula is C18H18O2. The molecule has 0 aromatic heterocycles. The number of phenols is 1. The lowest BCUT2D eigenvalue weighted by molar-refractivity contribution is 0.104. The Labute approximate surface area is 119 Å². The number of hydrogen-bond donors (Lipinski definition) is 1. The molecule has 20 heavy (non-hydrogen) atoms. The van der Waals surface area contributed by atoms with Crippen LogP contribution in [-0.2, 0) is 0 Å². The van der Waals surface area contributed by atoms with Gasteiger partial charge in [-0.1, -0.05) is 56.3 Å². The van der Waals surface area contributed by atoms with Crippen LogP contribution in [0.3, 0.4) is 0 Å². The number of carbonyl (C=O) groups is 1. The number of phenolic OH excluding ortho intramolecular Hbond substituents is 1. The van der Waals surface area contributed by atoms with Crippen LogP contribution in [0.15, 0.2) is 54.6 Å². The van der Waals surface area contributed by atoms with Gasteiger partial charge in [0.15, 0.2) is 5.78 Å². The average molecular weight is 266 g/mol. The third-order valence-electron chi connectivity index (χ3n) is 3.20. The van der Waals surface area contributed by atoms with Crippen LogP contribution in [0.2, 0.25) is 0 Å². The topological polar surface area (TPSA) is 37.3 Å². The molecule has 0 aliphatic carbocycles. The van der Waals surface area contributed by atoms with Gasteiger partial charge in [0, 0.05) is 0 Å². The van der Waals surface area contributed by atoms with Crippen molar-refractivity contribution in [2.24, 2.45) is 0 Å². The fraction of sp³-hybridized carbons (Fsp3) is 0.167. The Hall–Kier alpha value is -2.35. The summed E-state index contributed by atoms with van der Waals surface area (Å²) in [4.78, 5) is 12.0. The predicted octanol–water partition coefficient (Wildman–Crippen LogP) is 4.41. The number of carbonyl (C=O) groups excluding carboxylic acids is 1. The molecule has 0 radical (unpaired) electrons. The van der Waals surface area contributed by atoms with Crippen molar-refractivity contribution in [2.75, 3.05) is 0 Å². The maximum Gasteiger partial charge on any atom is 0.189 e. The van der Waals surface area contributed by atoms with Crippen LogP contribution in [0.4, 0.5) is 0 Å². The average Bonchev–Trinajstić information content (AvgIpc) is 2.45. The molecular weight excluding hydrogens is 248 g/mol. The molecule has 1 N–H and O–H groups in total. The van der Waals surface area contributed by atoms with Crippen molar-refractivity contribution in [3.8, 4) is 5.75 Å². The first-order valence-electron chi connectivity index (χ1n) is 6.68. The quantitative estimate of drug-likeness (QED) is 0.657. The van der Waals surface area contributed by atoms with Gasteiger partial charge in [-0.3, -0.25) is 4.79 Å². The third kappa shape index (κ3) is 3.35. The highest BCUT2D eigenvalue weighted by atomic mass is 16.3. The smallest absolute Gasteiger partial charge is 0.189 e. The monoisotopic (exact) mass is 266 g/mol. The summed E-state index contributed by atoms with van der Waals surface area (Å²) in [6.45, 7) is 4.29. The minimum absolute atomic E-state index is 0.0114. The molecule has 102 valence electrons. The highest BCUT2D eigenvalue weighted by Crippen LogP contribution is 2.18. The Morgan fingerprint density at radius 1 is 1.05 bits per heavy atom. The van der Waals surface area contributed by atoms with Gasteiger partial charge >= 0.3 is 0 Å². The molecule has 2 rings (SSSR count). The molecule has 2 heteroatoms. The van der Waals surface area contributed by atoms with E-state index >= 15 is 0 Å². The molecule has 0 heterocycles. The summed E-state index contributed by atoms with van der Waals surface area (Å²) in [7, 11) is 0. The van der Waals surface area contributed by atoms with Gasteiger partial charge in [-0.15, -0.1) is 0 Å². The van der Waals surface area contributed by atoms with Crippen molar-refractivity contribution < 1.29 is 9.90 Å². The molecule has 0 saturated carbocycles. The van der Waals surface area contributed by atoms with Gasteiger partial charge in [-0.25, -0.2) is 0 Å². The number of allylic oxidation sites excluding steroid dienone is 1. The third-order valence-corrected chi connectivity index (χ3v) is 3.20. The SMILES string of the molecule is CC(C)c1ccc(/C=C/C(=O)c2ccccc2O)cc1. The number of aromatic hydroxyl groups is 1. The van der Waals surface area contributed by atoms with E-state index in [9.17, 15) is 9.90 Å². The molecule has 0 fully saturated rings. The van der Waals surface area contributed by atoms with Gasteiger partial charge in [0.2, 0.25) is 0 Å². The minimum Gasteiger partial charge on any atom is -0.507 e. The normalized spacial score (nSPS) is 11.2. The van der Waals surface area contributed by atoms with E-state index in [4.69, 9.17) is 0 Å². The van der Waals surface area contributed by atoms with Gasteiger partial charge in [-0.2, -0.15) is 0 Å². The predicted molar refractivity (Wildman–Crippen MR) is 82.0 cm³/mol. The van der Waals surface area contributed by atoms with E-state index in [0.29, 0.717) is 11.5 Å². The largest absolute Gasteiger partial charge is 0.507 e. The van der Waals surface area contributed by atoms with Crippen LogP contribution in [0, 0.1) is 0 Å². The standard InChI is InChI=1S/C18H18O2/c1-13(2)15-10-7-14(8-11-15)9-12-18(20)16-5-3-4-6-17(16)19/h3-13,19H,1-2H3/b12-9+. The molecule has 0 aliphatic heterocycles. The summed E-state index contributed by atoms with van der Waals surface area (Å²) < 4.78 is 0. The highest BCUT2D eigenvalue weighted by Gasteiger charge is 2.06. The summed E-state index contributed by atoms with van der Waals surface area (Å²) in [5.41, 5.74) is 2.56. The maximum absolute atomic E-state index is 12.0. The van der Waals surface area contributed by atoms with Crippen molar-refractivity contribution >= 4 is 11.9 Å². The molecule has 0 amide bonds. The van der Waals surface area contributed by atoms with E-state index in [-0.39, 0.29) is 11.5 Å². The molecule has 0 spiro atoms. The molecule has 0 unspecified atom stereocenters. The van der Waals surface area contributed by atoms with Crippen LogP contribution < -0.4 is 0 Å². The fourth-order valence-corrected chi connectivity index (χ4v) is 1.94. The lowest BCUT2D eigenvalue weighted by Gasteiger charge is -2.04. The second kappa shape index (κ2) is 6.20. The molecule has 2 aromatic carbocycles. The zero-order valence-electron chi connectivity index (χ0n) is 11.7. The summed E-state index contributed by atoms with van der Waals surface area (Å²) in [6.07, 6.45) is 3.25. The lowest BCUT2D eigenvalue weighted by Crippen LogP contribution is -1.94. The lowest BCUT2D eigenvalue weighted by atomic mass is 10.0. The number of para-hydroxylation sites is 1. The van der Waals surface area contributed by atoms with Crippen molar-refractivity contribution in [3.05, 3.63) is 71.3 Å². The Kier molecular flexibility index (Phi) is 4.36. The first kappa shape index (κ1) is 14.1. The zero-order valence-corrected chi connectivity index (χ0v) is 11.7. The van der Waals surface area contributed by atoms with Crippen LogP contribution in [0.1, 0.15) is 41.3 Å². The van der Waals surface area contributed by atoms with Gasteiger partial charge < -0.3 is 5.11 Å². The number of ketones is 1. The molecule has 0 saturated heterocycles. The Morgan fingerprint density at radius 3 is 2.30 bits per heavy atom. The van der Waals surface area contributed by atoms with E-state index in [0.717, 1.165) is 5.56 Å². The molecule has 2 nitrogen and oxygen atoms in total. The van der Waals surface area contributed by atoms with Crippen molar-refractivity contribution in [3.63, 3.8) is 0 Å². The summed E-state index contributed by atoms with van der Waals surface area (Å²) in [5, 5.41) is 9.62. The summed E-state index contributed by atoms with van der Waals surface area (Å²) in [6, 6.07) is 14.7. The van der Waals surface area contributed by atoms with Gasteiger partial charge in [0.05, 0.1) is 5.56 Å². The second-order valence-electron chi connectivity index (χ2n) is 5.04. The summed E-state index contributed by atoms with van der Waals surface area (Å²) >= 11 is 0. The fourth-order valence-electron chi connectivity index (χ4n) is 1.94. The summed E-state index contributed by atoms with van der Waals surface area (Å²) in [5.74, 6) is 0.310. The van der Waals surface area contributed by atoms with Gasteiger partial charge in [-0.05, 0) is 35.3 Å². The Bertz CT molecular complexity index is 622. The zero-order chi connectivity index (χ0) is 14.5. The molecule has 2 aromatic rings. The molecule has 0 aliphatic rings. The number of rotatable bonds is 4. The first-order chi connectivity index (χ1) is 9.58. The maximum atomic E-state index is 12.0. The molecule has 0 atom stereocenters. The number of benzene rings is 2. The van der Waals surface area contributed by atoms with Crippen molar-refractivity contribution in [1.82, 2.24) is 0 Å². The van der Waals surface area contributed by atoms with E-state index in [1.165, 1.54) is 17.7 Å². The highest BCUT2D eigenvalue weighted by molar-refractivity contribution is 6.08.